The van der Waals surface area contributed by atoms with Gasteiger partial charge in [0.25, 0.3) is 0 Å². The topological polar surface area (TPSA) is 0 Å². The molecule has 0 fully saturated rings. The van der Waals surface area contributed by atoms with Gasteiger partial charge in [-0.1, -0.05) is 40.2 Å². The highest BCUT2D eigenvalue weighted by molar-refractivity contribution is 9.11. The summed E-state index contributed by atoms with van der Waals surface area (Å²) in [5, 5.41) is 5.26. The Morgan fingerprint density at radius 3 is 2.21 bits per heavy atom. The van der Waals surface area contributed by atoms with Crippen LogP contribution in [0.1, 0.15) is 16.7 Å². The highest BCUT2D eigenvalue weighted by atomic mass is 79.9. The molecule has 0 radical (unpaired) electrons. The van der Waals surface area contributed by atoms with Crippen molar-refractivity contribution in [2.45, 2.75) is 13.8 Å². The lowest BCUT2D eigenvalue weighted by atomic mass is 9.94. The first-order valence-electron chi connectivity index (χ1n) is 6.40. The molecule has 0 saturated carbocycles. The number of benzene rings is 3. The summed E-state index contributed by atoms with van der Waals surface area (Å²) in [6.45, 7) is 4.39. The van der Waals surface area contributed by atoms with E-state index >= 15 is 0 Å². The number of fused-ring (bicyclic) bond motifs is 2. The van der Waals surface area contributed by atoms with Crippen molar-refractivity contribution in [2.75, 3.05) is 0 Å². The minimum Gasteiger partial charge on any atom is -0.0616 e. The van der Waals surface area contributed by atoms with Gasteiger partial charge in [0.15, 0.2) is 0 Å². The highest BCUT2D eigenvalue weighted by Crippen LogP contribution is 2.29. The van der Waals surface area contributed by atoms with Gasteiger partial charge in [-0.25, -0.2) is 0 Å². The van der Waals surface area contributed by atoms with Gasteiger partial charge in [0, 0.05) is 0 Å². The van der Waals surface area contributed by atoms with E-state index in [4.69, 9.17) is 0 Å². The summed E-state index contributed by atoms with van der Waals surface area (Å²) in [5.41, 5.74) is 3.99. The van der Waals surface area contributed by atoms with Crippen molar-refractivity contribution >= 4 is 43.6 Å². The molecule has 0 atom stereocenters. The molecule has 0 heterocycles. The van der Waals surface area contributed by atoms with E-state index < -0.39 is 0 Å². The summed E-state index contributed by atoms with van der Waals surface area (Å²) >= 11 is 3.37. The summed E-state index contributed by atoms with van der Waals surface area (Å²) < 4.78 is 0. The predicted molar refractivity (Wildman–Crippen MR) is 88.9 cm³/mol. The van der Waals surface area contributed by atoms with E-state index in [0.717, 1.165) is 0 Å². The molecule has 3 aromatic rings. The molecule has 1 heteroatoms. The Kier molecular flexibility index (Phi) is 3.16. The average molecular weight is 311 g/mol. The van der Waals surface area contributed by atoms with Crippen molar-refractivity contribution in [3.8, 4) is 0 Å². The van der Waals surface area contributed by atoms with E-state index in [1.165, 1.54) is 38.2 Å². The molecule has 0 bridgehead atoms. The SMILES string of the molecule is Cc1c(/C=C/Br)cc2cc3ccccc3cc2c1C. The molecular weight excluding hydrogens is 296 g/mol. The molecule has 0 unspecified atom stereocenters. The molecular formula is C18H15Br. The van der Waals surface area contributed by atoms with Crippen LogP contribution in [0.5, 0.6) is 0 Å². The summed E-state index contributed by atoms with van der Waals surface area (Å²) in [7, 11) is 0. The van der Waals surface area contributed by atoms with Crippen molar-refractivity contribution in [2.24, 2.45) is 0 Å². The lowest BCUT2D eigenvalue weighted by Gasteiger charge is -2.11. The molecule has 0 N–H and O–H groups in total. The monoisotopic (exact) mass is 310 g/mol. The van der Waals surface area contributed by atoms with Gasteiger partial charge < -0.3 is 0 Å². The van der Waals surface area contributed by atoms with E-state index in [2.05, 4.69) is 78.3 Å². The Bertz CT molecular complexity index is 797. The lowest BCUT2D eigenvalue weighted by molar-refractivity contribution is 1.36. The van der Waals surface area contributed by atoms with Crippen LogP contribution < -0.4 is 0 Å². The maximum absolute atomic E-state index is 3.37. The van der Waals surface area contributed by atoms with Crippen molar-refractivity contribution in [1.29, 1.82) is 0 Å². The summed E-state index contributed by atoms with van der Waals surface area (Å²) in [6.07, 6.45) is 2.11. The summed E-state index contributed by atoms with van der Waals surface area (Å²) in [4.78, 5) is 1.92. The van der Waals surface area contributed by atoms with Gasteiger partial charge in [-0.05, 0) is 81.3 Å². The minimum absolute atomic E-state index is 1.28. The number of hydrogen-bond donors (Lipinski definition) is 0. The predicted octanol–water partition coefficient (Wildman–Crippen LogP) is 5.98. The Balaban J connectivity index is 2.44. The van der Waals surface area contributed by atoms with Crippen LogP contribution in [0.25, 0.3) is 27.6 Å². The zero-order valence-corrected chi connectivity index (χ0v) is 12.7. The van der Waals surface area contributed by atoms with E-state index in [9.17, 15) is 0 Å². The van der Waals surface area contributed by atoms with E-state index in [1.807, 2.05) is 4.99 Å². The molecule has 0 saturated heterocycles. The first-order chi connectivity index (χ1) is 9.20. The molecule has 0 spiro atoms. The molecule has 3 aromatic carbocycles. The van der Waals surface area contributed by atoms with Crippen molar-refractivity contribution in [3.63, 3.8) is 0 Å². The number of rotatable bonds is 1. The van der Waals surface area contributed by atoms with Crippen molar-refractivity contribution < 1.29 is 0 Å². The van der Waals surface area contributed by atoms with E-state index in [-0.39, 0.29) is 0 Å². The normalized spacial score (nSPS) is 11.7. The lowest BCUT2D eigenvalue weighted by Crippen LogP contribution is -1.89. The second kappa shape index (κ2) is 4.82. The Labute approximate surface area is 121 Å². The van der Waals surface area contributed by atoms with Crippen molar-refractivity contribution in [1.82, 2.24) is 0 Å². The van der Waals surface area contributed by atoms with Crippen LogP contribution in [0.2, 0.25) is 0 Å². The molecule has 0 aliphatic rings. The fourth-order valence-electron chi connectivity index (χ4n) is 2.64. The largest absolute Gasteiger partial charge is 0.0616 e. The van der Waals surface area contributed by atoms with E-state index in [1.54, 1.807) is 0 Å². The maximum atomic E-state index is 3.37. The number of aryl methyl sites for hydroxylation is 1. The fraction of sp³-hybridized carbons (Fsp3) is 0.111. The van der Waals surface area contributed by atoms with Crippen LogP contribution in [-0.2, 0) is 0 Å². The third-order valence-corrected chi connectivity index (χ3v) is 4.14. The smallest absolute Gasteiger partial charge is 0.0145 e. The zero-order chi connectivity index (χ0) is 13.4. The van der Waals surface area contributed by atoms with Gasteiger partial charge in [0.2, 0.25) is 0 Å². The minimum atomic E-state index is 1.28. The summed E-state index contributed by atoms with van der Waals surface area (Å²) in [6, 6.07) is 15.4. The third kappa shape index (κ3) is 2.08. The first-order valence-corrected chi connectivity index (χ1v) is 7.32. The van der Waals surface area contributed by atoms with Crippen molar-refractivity contribution in [3.05, 3.63) is 64.1 Å². The van der Waals surface area contributed by atoms with Gasteiger partial charge in [-0.3, -0.25) is 0 Å². The van der Waals surface area contributed by atoms with Crippen LogP contribution in [0.3, 0.4) is 0 Å². The van der Waals surface area contributed by atoms with Crippen LogP contribution >= 0.6 is 15.9 Å². The van der Waals surface area contributed by atoms with Crippen LogP contribution in [0.15, 0.2) is 47.4 Å². The highest BCUT2D eigenvalue weighted by Gasteiger charge is 2.06. The summed E-state index contributed by atoms with van der Waals surface area (Å²) in [5.74, 6) is 0. The maximum Gasteiger partial charge on any atom is -0.0145 e. The molecule has 0 aromatic heterocycles. The molecule has 0 aliphatic carbocycles. The Morgan fingerprint density at radius 1 is 0.842 bits per heavy atom. The molecule has 0 aliphatic heterocycles. The van der Waals surface area contributed by atoms with Gasteiger partial charge in [-0.15, -0.1) is 0 Å². The zero-order valence-electron chi connectivity index (χ0n) is 11.1. The molecule has 0 nitrogen and oxygen atoms in total. The second-order valence-electron chi connectivity index (χ2n) is 4.93. The van der Waals surface area contributed by atoms with Gasteiger partial charge in [0.1, 0.15) is 0 Å². The second-order valence-corrected chi connectivity index (χ2v) is 5.46. The van der Waals surface area contributed by atoms with Crippen LogP contribution in [0, 0.1) is 13.8 Å². The van der Waals surface area contributed by atoms with E-state index in [0.29, 0.717) is 0 Å². The van der Waals surface area contributed by atoms with Gasteiger partial charge in [-0.2, -0.15) is 0 Å². The average Bonchev–Trinajstić information content (AvgIpc) is 2.43. The number of halogens is 1. The quantitative estimate of drug-likeness (QED) is 0.485. The third-order valence-electron chi connectivity index (χ3n) is 3.87. The Hall–Kier alpha value is -1.60. The Morgan fingerprint density at radius 2 is 1.53 bits per heavy atom. The van der Waals surface area contributed by atoms with Gasteiger partial charge >= 0.3 is 0 Å². The standard InChI is InChI=1S/C18H15Br/c1-12-13(2)18-11-16-6-4-3-5-15(16)10-17(18)9-14(12)7-8-19/h3-11H,1-2H3/b8-7+. The number of hydrogen-bond acceptors (Lipinski definition) is 0. The first kappa shape index (κ1) is 12.4. The van der Waals surface area contributed by atoms with Crippen LogP contribution in [0.4, 0.5) is 0 Å². The molecule has 19 heavy (non-hydrogen) atoms. The molecule has 94 valence electrons. The fourth-order valence-corrected chi connectivity index (χ4v) is 2.92. The van der Waals surface area contributed by atoms with Crippen LogP contribution in [-0.4, -0.2) is 0 Å². The molecule has 3 rings (SSSR count). The van der Waals surface area contributed by atoms with Gasteiger partial charge in [0.05, 0.1) is 0 Å². The molecule has 0 amide bonds.